The molecule has 0 spiro atoms. The summed E-state index contributed by atoms with van der Waals surface area (Å²) in [5.41, 5.74) is 1.18. The minimum atomic E-state index is 0.585. The summed E-state index contributed by atoms with van der Waals surface area (Å²) in [6, 6.07) is 4.77. The fraction of sp³-hybridized carbons (Fsp3) is 0.538. The Morgan fingerprint density at radius 1 is 1.06 bits per heavy atom. The van der Waals surface area contributed by atoms with Crippen LogP contribution >= 0.6 is 47.8 Å². The molecule has 1 aromatic carbocycles. The molecule has 2 bridgehead atoms. The average Bonchev–Trinajstić information content (AvgIpc) is 2.35. The van der Waals surface area contributed by atoms with Gasteiger partial charge in [-0.15, -0.1) is 0 Å². The third kappa shape index (κ3) is 2.65. The summed E-state index contributed by atoms with van der Waals surface area (Å²) >= 11 is 10.8. The second kappa shape index (κ2) is 5.43. The Bertz CT molecular complexity index is 433. The van der Waals surface area contributed by atoms with E-state index in [0.29, 0.717) is 6.04 Å². The smallest absolute Gasteiger partial charge is 0.0632 e. The van der Waals surface area contributed by atoms with E-state index in [0.717, 1.165) is 19.3 Å². The van der Waals surface area contributed by atoms with Gasteiger partial charge in [-0.05, 0) is 75.8 Å². The Kier molecular flexibility index (Phi) is 4.04. The van der Waals surface area contributed by atoms with Crippen molar-refractivity contribution in [2.75, 3.05) is 25.0 Å². The predicted octanol–water partition coefficient (Wildman–Crippen LogP) is 4.48. The lowest BCUT2D eigenvalue weighted by Gasteiger charge is -2.45. The molecule has 0 radical (unpaired) electrons. The summed E-state index contributed by atoms with van der Waals surface area (Å²) < 4.78 is 3.31. The van der Waals surface area contributed by atoms with E-state index in [-0.39, 0.29) is 0 Å². The van der Waals surface area contributed by atoms with Crippen LogP contribution in [0, 0.1) is 5.92 Å². The monoisotopic (exact) mass is 436 g/mol. The first kappa shape index (κ1) is 13.4. The molecule has 1 N–H and O–H groups in total. The molecule has 1 atom stereocenters. The predicted molar refractivity (Wildman–Crippen MR) is 86.1 cm³/mol. The van der Waals surface area contributed by atoms with Gasteiger partial charge in [0.1, 0.15) is 0 Å². The number of hydrogen-bond acceptors (Lipinski definition) is 2. The van der Waals surface area contributed by atoms with E-state index in [4.69, 9.17) is 0 Å². The maximum Gasteiger partial charge on any atom is 0.0632 e. The second-order valence-corrected chi connectivity index (χ2v) is 7.76. The standard InChI is InChI=1S/C13H15Br3N2/c14-9-5-10(15)13(11(16)6-9)17-12-7-18-3-1-8(12)2-4-18/h5-6,8,12,17H,1-4,7H2. The van der Waals surface area contributed by atoms with Gasteiger partial charge in [0.05, 0.1) is 5.69 Å². The molecule has 1 aromatic rings. The van der Waals surface area contributed by atoms with Crippen molar-refractivity contribution >= 4 is 53.5 Å². The molecule has 18 heavy (non-hydrogen) atoms. The first-order chi connectivity index (χ1) is 8.63. The number of halogens is 3. The zero-order valence-corrected chi connectivity index (χ0v) is 14.7. The average molecular weight is 439 g/mol. The summed E-state index contributed by atoms with van der Waals surface area (Å²) in [5, 5.41) is 3.72. The van der Waals surface area contributed by atoms with Crippen LogP contribution in [0.4, 0.5) is 5.69 Å². The van der Waals surface area contributed by atoms with Crippen LogP contribution in [0.2, 0.25) is 0 Å². The number of nitrogens with zero attached hydrogens (tertiary/aromatic N) is 1. The van der Waals surface area contributed by atoms with Gasteiger partial charge in [0.2, 0.25) is 0 Å². The van der Waals surface area contributed by atoms with E-state index in [2.05, 4.69) is 70.1 Å². The highest BCUT2D eigenvalue weighted by Crippen LogP contribution is 2.37. The number of anilines is 1. The molecule has 1 unspecified atom stereocenters. The Balaban J connectivity index is 1.81. The molecule has 2 nitrogen and oxygen atoms in total. The van der Waals surface area contributed by atoms with Crippen molar-refractivity contribution < 1.29 is 0 Å². The number of nitrogens with one attached hydrogen (secondary N) is 1. The van der Waals surface area contributed by atoms with Gasteiger partial charge >= 0.3 is 0 Å². The second-order valence-electron chi connectivity index (χ2n) is 5.13. The Hall–Kier alpha value is 0.420. The van der Waals surface area contributed by atoms with Gasteiger partial charge in [0.15, 0.2) is 0 Å². The lowest BCUT2D eigenvalue weighted by molar-refractivity contribution is 0.0975. The summed E-state index contributed by atoms with van der Waals surface area (Å²) in [6.07, 6.45) is 2.67. The molecule has 0 aliphatic carbocycles. The molecule has 0 aromatic heterocycles. The summed E-state index contributed by atoms with van der Waals surface area (Å²) in [7, 11) is 0. The maximum atomic E-state index is 3.72. The molecule has 3 saturated heterocycles. The molecule has 0 amide bonds. The molecule has 3 aliphatic rings. The van der Waals surface area contributed by atoms with E-state index in [9.17, 15) is 0 Å². The van der Waals surface area contributed by atoms with Gasteiger partial charge < -0.3 is 10.2 Å². The molecule has 4 rings (SSSR count). The third-order valence-electron chi connectivity index (χ3n) is 3.99. The van der Waals surface area contributed by atoms with Crippen LogP contribution in [-0.4, -0.2) is 30.6 Å². The molecular weight excluding hydrogens is 424 g/mol. The summed E-state index contributed by atoms with van der Waals surface area (Å²) in [5.74, 6) is 0.831. The first-order valence-corrected chi connectivity index (χ1v) is 8.65. The molecule has 98 valence electrons. The maximum absolute atomic E-state index is 3.72. The van der Waals surface area contributed by atoms with Crippen LogP contribution < -0.4 is 5.32 Å². The number of hydrogen-bond donors (Lipinski definition) is 1. The lowest BCUT2D eigenvalue weighted by atomic mass is 9.84. The van der Waals surface area contributed by atoms with Gasteiger partial charge in [-0.3, -0.25) is 0 Å². The van der Waals surface area contributed by atoms with Gasteiger partial charge in [0.25, 0.3) is 0 Å². The van der Waals surface area contributed by atoms with E-state index in [1.54, 1.807) is 0 Å². The first-order valence-electron chi connectivity index (χ1n) is 6.27. The topological polar surface area (TPSA) is 15.3 Å². The van der Waals surface area contributed by atoms with Crippen molar-refractivity contribution in [2.24, 2.45) is 5.92 Å². The number of piperidine rings is 3. The minimum Gasteiger partial charge on any atom is -0.379 e. The quantitative estimate of drug-likeness (QED) is 0.732. The largest absolute Gasteiger partial charge is 0.379 e. The van der Waals surface area contributed by atoms with Gasteiger partial charge in [-0.25, -0.2) is 0 Å². The van der Waals surface area contributed by atoms with Gasteiger partial charge in [-0.1, -0.05) is 15.9 Å². The van der Waals surface area contributed by atoms with E-state index >= 15 is 0 Å². The van der Waals surface area contributed by atoms with Crippen molar-refractivity contribution in [1.29, 1.82) is 0 Å². The molecular formula is C13H15Br3N2. The normalized spacial score (nSPS) is 30.5. The summed E-state index contributed by atoms with van der Waals surface area (Å²) in [6.45, 7) is 3.75. The lowest BCUT2D eigenvalue weighted by Crippen LogP contribution is -2.53. The van der Waals surface area contributed by atoms with Crippen LogP contribution in [0.15, 0.2) is 25.6 Å². The fourth-order valence-corrected chi connectivity index (χ4v) is 5.48. The molecule has 3 fully saturated rings. The molecule has 3 heterocycles. The van der Waals surface area contributed by atoms with Crippen LogP contribution in [0.3, 0.4) is 0 Å². The van der Waals surface area contributed by atoms with E-state index in [1.807, 2.05) is 0 Å². The Morgan fingerprint density at radius 3 is 2.17 bits per heavy atom. The van der Waals surface area contributed by atoms with Crippen molar-refractivity contribution in [3.63, 3.8) is 0 Å². The zero-order valence-electron chi connectivity index (χ0n) is 9.93. The summed E-state index contributed by atoms with van der Waals surface area (Å²) in [4.78, 5) is 2.57. The van der Waals surface area contributed by atoms with Gasteiger partial charge in [-0.2, -0.15) is 0 Å². The Labute approximate surface area is 133 Å². The van der Waals surface area contributed by atoms with Crippen molar-refractivity contribution in [2.45, 2.75) is 18.9 Å². The highest BCUT2D eigenvalue weighted by atomic mass is 79.9. The van der Waals surface area contributed by atoms with Crippen molar-refractivity contribution in [3.8, 4) is 0 Å². The van der Waals surface area contributed by atoms with Crippen LogP contribution in [0.25, 0.3) is 0 Å². The number of rotatable bonds is 2. The highest BCUT2D eigenvalue weighted by molar-refractivity contribution is 9.11. The van der Waals surface area contributed by atoms with Crippen molar-refractivity contribution in [3.05, 3.63) is 25.6 Å². The molecule has 0 saturated carbocycles. The zero-order chi connectivity index (χ0) is 12.7. The Morgan fingerprint density at radius 2 is 1.67 bits per heavy atom. The van der Waals surface area contributed by atoms with Crippen LogP contribution in [0.1, 0.15) is 12.8 Å². The number of benzene rings is 1. The van der Waals surface area contributed by atoms with Gasteiger partial charge in [0, 0.05) is 26.0 Å². The molecule has 5 heteroatoms. The number of fused-ring (bicyclic) bond motifs is 3. The van der Waals surface area contributed by atoms with E-state index < -0.39 is 0 Å². The van der Waals surface area contributed by atoms with Crippen molar-refractivity contribution in [1.82, 2.24) is 4.90 Å². The van der Waals surface area contributed by atoms with Crippen LogP contribution in [-0.2, 0) is 0 Å². The minimum absolute atomic E-state index is 0.585. The fourth-order valence-electron chi connectivity index (χ4n) is 2.99. The third-order valence-corrected chi connectivity index (χ3v) is 5.70. The van der Waals surface area contributed by atoms with Crippen LogP contribution in [0.5, 0.6) is 0 Å². The highest BCUT2D eigenvalue weighted by Gasteiger charge is 2.34. The SMILES string of the molecule is Brc1cc(Br)c(NC2CN3CCC2CC3)c(Br)c1. The van der Waals surface area contributed by atoms with E-state index in [1.165, 1.54) is 38.2 Å². The molecule has 3 aliphatic heterocycles.